The van der Waals surface area contributed by atoms with Gasteiger partial charge in [0.05, 0.1) is 13.0 Å². The molecule has 3 nitrogen and oxygen atoms in total. The van der Waals surface area contributed by atoms with Crippen molar-refractivity contribution in [2.75, 3.05) is 13.2 Å². The molecule has 0 aromatic heterocycles. The largest absolute Gasteiger partial charge is 0.392 e. The van der Waals surface area contributed by atoms with E-state index in [-0.39, 0.29) is 12.5 Å². The molecule has 0 aliphatic rings. The van der Waals surface area contributed by atoms with E-state index < -0.39 is 0 Å². The maximum Gasteiger partial charge on any atom is 0.224 e. The Bertz CT molecular complexity index is 360. The highest BCUT2D eigenvalue weighted by atomic mass is 35.5. The molecule has 0 spiro atoms. The lowest BCUT2D eigenvalue weighted by Gasteiger charge is -2.02. The van der Waals surface area contributed by atoms with Crippen LogP contribution < -0.4 is 5.32 Å². The minimum Gasteiger partial charge on any atom is -0.392 e. The second-order valence-corrected chi connectivity index (χ2v) is 3.70. The Kier molecular flexibility index (Phi) is 5.61. The fourth-order valence-electron chi connectivity index (χ4n) is 1.18. The van der Waals surface area contributed by atoms with Gasteiger partial charge in [-0.1, -0.05) is 35.9 Å². The van der Waals surface area contributed by atoms with Gasteiger partial charge >= 0.3 is 0 Å². The second kappa shape index (κ2) is 7.04. The van der Waals surface area contributed by atoms with Crippen LogP contribution in [0.1, 0.15) is 5.56 Å². The predicted octanol–water partition coefficient (Wildman–Crippen LogP) is 1.55. The van der Waals surface area contributed by atoms with Crippen LogP contribution in [0.4, 0.5) is 0 Å². The van der Waals surface area contributed by atoms with Crippen molar-refractivity contribution in [1.29, 1.82) is 0 Å². The quantitative estimate of drug-likeness (QED) is 0.766. The first kappa shape index (κ1) is 12.7. The summed E-state index contributed by atoms with van der Waals surface area (Å²) in [4.78, 5) is 11.4. The molecule has 0 aliphatic carbocycles. The number of aliphatic hydroxyl groups is 1. The molecule has 0 heterocycles. The maximum absolute atomic E-state index is 11.4. The van der Waals surface area contributed by atoms with E-state index >= 15 is 0 Å². The first-order chi connectivity index (χ1) is 7.72. The van der Waals surface area contributed by atoms with Crippen molar-refractivity contribution < 1.29 is 9.90 Å². The minimum atomic E-state index is -0.0510. The van der Waals surface area contributed by atoms with Crippen LogP contribution in [0.15, 0.2) is 36.4 Å². The van der Waals surface area contributed by atoms with Crippen LogP contribution in [0, 0.1) is 0 Å². The Morgan fingerprint density at radius 2 is 2.00 bits per heavy atom. The first-order valence-corrected chi connectivity index (χ1v) is 5.37. The van der Waals surface area contributed by atoms with Gasteiger partial charge < -0.3 is 10.4 Å². The molecule has 0 saturated heterocycles. The molecule has 1 aromatic rings. The Morgan fingerprint density at radius 1 is 1.31 bits per heavy atom. The molecule has 1 aromatic carbocycles. The number of carbonyl (C=O) groups excluding carboxylic acids is 1. The van der Waals surface area contributed by atoms with Gasteiger partial charge in [0.15, 0.2) is 0 Å². The van der Waals surface area contributed by atoms with Gasteiger partial charge in [-0.2, -0.15) is 0 Å². The zero-order chi connectivity index (χ0) is 11.8. The third-order valence-corrected chi connectivity index (χ3v) is 2.22. The summed E-state index contributed by atoms with van der Waals surface area (Å²) in [5, 5.41) is 11.9. The first-order valence-electron chi connectivity index (χ1n) is 4.99. The molecule has 0 bridgehead atoms. The summed E-state index contributed by atoms with van der Waals surface area (Å²) in [6.07, 6.45) is 3.63. The predicted molar refractivity (Wildman–Crippen MR) is 64.4 cm³/mol. The Balaban J connectivity index is 2.34. The summed E-state index contributed by atoms with van der Waals surface area (Å²) in [5.74, 6) is -0.0510. The lowest BCUT2D eigenvalue weighted by Crippen LogP contribution is -2.25. The van der Waals surface area contributed by atoms with Gasteiger partial charge in [-0.05, 0) is 17.7 Å². The van der Waals surface area contributed by atoms with Crippen molar-refractivity contribution in [3.8, 4) is 0 Å². The van der Waals surface area contributed by atoms with E-state index in [4.69, 9.17) is 16.7 Å². The molecule has 0 atom stereocenters. The van der Waals surface area contributed by atoms with Crippen molar-refractivity contribution >= 4 is 17.5 Å². The van der Waals surface area contributed by atoms with E-state index in [1.165, 1.54) is 0 Å². The molecule has 86 valence electrons. The molecule has 1 amide bonds. The van der Waals surface area contributed by atoms with E-state index in [0.717, 1.165) is 5.56 Å². The van der Waals surface area contributed by atoms with Gasteiger partial charge in [0.2, 0.25) is 5.91 Å². The molecular weight excluding hydrogens is 226 g/mol. The number of carbonyl (C=O) groups is 1. The summed E-state index contributed by atoms with van der Waals surface area (Å²) >= 11 is 5.73. The van der Waals surface area contributed by atoms with Crippen LogP contribution in [0.3, 0.4) is 0 Å². The number of hydrogen-bond acceptors (Lipinski definition) is 2. The Labute approximate surface area is 99.7 Å². The van der Waals surface area contributed by atoms with Gasteiger partial charge in [0.25, 0.3) is 0 Å². The monoisotopic (exact) mass is 239 g/mol. The van der Waals surface area contributed by atoms with Gasteiger partial charge in [-0.3, -0.25) is 4.79 Å². The van der Waals surface area contributed by atoms with Gasteiger partial charge in [0, 0.05) is 11.6 Å². The second-order valence-electron chi connectivity index (χ2n) is 3.26. The molecule has 16 heavy (non-hydrogen) atoms. The number of amides is 1. The fourth-order valence-corrected chi connectivity index (χ4v) is 1.31. The number of aliphatic hydroxyl groups excluding tert-OH is 1. The standard InChI is InChI=1S/C12H14ClNO2/c13-11-5-3-10(4-6-11)9-12(16)14-7-1-2-8-15/h1-6,15H,7-9H2,(H,14,16)/b2-1+. The summed E-state index contributed by atoms with van der Waals surface area (Å²) in [7, 11) is 0. The van der Waals surface area contributed by atoms with Crippen molar-refractivity contribution in [2.24, 2.45) is 0 Å². The van der Waals surface area contributed by atoms with E-state index in [0.29, 0.717) is 18.0 Å². The molecule has 0 radical (unpaired) electrons. The average molecular weight is 240 g/mol. The lowest BCUT2D eigenvalue weighted by atomic mass is 10.1. The zero-order valence-electron chi connectivity index (χ0n) is 8.82. The van der Waals surface area contributed by atoms with Crippen LogP contribution in [0.5, 0.6) is 0 Å². The van der Waals surface area contributed by atoms with Crippen LogP contribution in [-0.2, 0) is 11.2 Å². The lowest BCUT2D eigenvalue weighted by molar-refractivity contribution is -0.120. The molecule has 0 aliphatic heterocycles. The third-order valence-electron chi connectivity index (χ3n) is 1.97. The fraction of sp³-hybridized carbons (Fsp3) is 0.250. The molecule has 4 heteroatoms. The smallest absolute Gasteiger partial charge is 0.224 e. The average Bonchev–Trinajstić information content (AvgIpc) is 2.28. The molecule has 2 N–H and O–H groups in total. The molecular formula is C12H14ClNO2. The van der Waals surface area contributed by atoms with Crippen LogP contribution >= 0.6 is 11.6 Å². The molecule has 1 rings (SSSR count). The van der Waals surface area contributed by atoms with Crippen LogP contribution in [0.25, 0.3) is 0 Å². The molecule has 0 unspecified atom stereocenters. The highest BCUT2D eigenvalue weighted by molar-refractivity contribution is 6.30. The summed E-state index contributed by atoms with van der Waals surface area (Å²) < 4.78 is 0. The number of halogens is 1. The van der Waals surface area contributed by atoms with Crippen LogP contribution in [0.2, 0.25) is 5.02 Å². The third kappa shape index (κ3) is 4.96. The Hall–Kier alpha value is -1.32. The van der Waals surface area contributed by atoms with E-state index in [1.807, 2.05) is 12.1 Å². The van der Waals surface area contributed by atoms with Crippen molar-refractivity contribution in [3.63, 3.8) is 0 Å². The van der Waals surface area contributed by atoms with E-state index in [2.05, 4.69) is 5.32 Å². The number of rotatable bonds is 5. The maximum atomic E-state index is 11.4. The number of benzene rings is 1. The van der Waals surface area contributed by atoms with E-state index in [9.17, 15) is 4.79 Å². The number of nitrogens with one attached hydrogen (secondary N) is 1. The Morgan fingerprint density at radius 3 is 2.62 bits per heavy atom. The molecule has 0 fully saturated rings. The minimum absolute atomic E-state index is 0.00689. The van der Waals surface area contributed by atoms with Gasteiger partial charge in [0.1, 0.15) is 0 Å². The highest BCUT2D eigenvalue weighted by Crippen LogP contribution is 2.09. The number of hydrogen-bond donors (Lipinski definition) is 2. The van der Waals surface area contributed by atoms with Crippen molar-refractivity contribution in [3.05, 3.63) is 47.0 Å². The van der Waals surface area contributed by atoms with E-state index in [1.54, 1.807) is 24.3 Å². The zero-order valence-corrected chi connectivity index (χ0v) is 9.57. The highest BCUT2D eigenvalue weighted by Gasteiger charge is 2.01. The summed E-state index contributed by atoms with van der Waals surface area (Å²) in [6.45, 7) is 0.431. The van der Waals surface area contributed by atoms with Gasteiger partial charge in [-0.25, -0.2) is 0 Å². The normalized spacial score (nSPS) is 10.6. The van der Waals surface area contributed by atoms with Crippen molar-refractivity contribution in [1.82, 2.24) is 5.32 Å². The van der Waals surface area contributed by atoms with Gasteiger partial charge in [-0.15, -0.1) is 0 Å². The SMILES string of the molecule is O=C(Cc1ccc(Cl)cc1)NC/C=C/CO. The van der Waals surface area contributed by atoms with Crippen LogP contribution in [-0.4, -0.2) is 24.2 Å². The van der Waals surface area contributed by atoms with Crippen molar-refractivity contribution in [2.45, 2.75) is 6.42 Å². The molecule has 0 saturated carbocycles. The summed E-state index contributed by atoms with van der Waals surface area (Å²) in [6, 6.07) is 7.17. The topological polar surface area (TPSA) is 49.3 Å². The summed E-state index contributed by atoms with van der Waals surface area (Å²) in [5.41, 5.74) is 0.924.